The molecule has 1 saturated heterocycles. The van der Waals surface area contributed by atoms with Crippen LogP contribution in [0.15, 0.2) is 30.3 Å². The van der Waals surface area contributed by atoms with Crippen LogP contribution in [0, 0.1) is 11.3 Å². The van der Waals surface area contributed by atoms with Crippen molar-refractivity contribution < 1.29 is 4.79 Å². The Morgan fingerprint density at radius 1 is 1.44 bits per heavy atom. The highest BCUT2D eigenvalue weighted by atomic mass is 16.2. The molecule has 0 radical (unpaired) electrons. The lowest BCUT2D eigenvalue weighted by Crippen LogP contribution is -2.58. The molecule has 94 valence electrons. The molecule has 2 unspecified atom stereocenters. The maximum absolute atomic E-state index is 11.9. The first kappa shape index (κ1) is 12.6. The molecule has 0 spiro atoms. The Morgan fingerprint density at radius 3 is 2.83 bits per heavy atom. The summed E-state index contributed by atoms with van der Waals surface area (Å²) in [6.45, 7) is 3.48. The highest BCUT2D eigenvalue weighted by molar-refractivity contribution is 5.83. The van der Waals surface area contributed by atoms with E-state index in [1.54, 1.807) is 0 Å². The maximum Gasteiger partial charge on any atom is 0.238 e. The lowest BCUT2D eigenvalue weighted by molar-refractivity contribution is -0.130. The van der Waals surface area contributed by atoms with Crippen molar-refractivity contribution >= 4 is 5.91 Å². The minimum atomic E-state index is -0.327. The van der Waals surface area contributed by atoms with Crippen molar-refractivity contribution in [2.24, 2.45) is 0 Å². The Morgan fingerprint density at radius 2 is 2.17 bits per heavy atom. The molecule has 1 fully saturated rings. The van der Waals surface area contributed by atoms with Gasteiger partial charge in [0.2, 0.25) is 5.91 Å². The Hall–Kier alpha value is -1.86. The number of hydrogen-bond donors (Lipinski definition) is 1. The molecule has 18 heavy (non-hydrogen) atoms. The van der Waals surface area contributed by atoms with Gasteiger partial charge in [-0.2, -0.15) is 5.26 Å². The fraction of sp³-hybridized carbons (Fsp3) is 0.429. The fourth-order valence-electron chi connectivity index (χ4n) is 2.33. The van der Waals surface area contributed by atoms with Crippen LogP contribution in [-0.2, 0) is 11.3 Å². The van der Waals surface area contributed by atoms with E-state index in [-0.39, 0.29) is 24.4 Å². The van der Waals surface area contributed by atoms with Crippen LogP contribution in [0.5, 0.6) is 0 Å². The predicted octanol–water partition coefficient (Wildman–Crippen LogP) is 1.29. The summed E-state index contributed by atoms with van der Waals surface area (Å²) in [5.41, 5.74) is 1.17. The van der Waals surface area contributed by atoms with Crippen molar-refractivity contribution in [3.8, 4) is 6.07 Å². The molecule has 1 aliphatic rings. The number of rotatable bonds is 3. The van der Waals surface area contributed by atoms with E-state index < -0.39 is 0 Å². The van der Waals surface area contributed by atoms with Gasteiger partial charge >= 0.3 is 0 Å². The van der Waals surface area contributed by atoms with E-state index in [0.717, 1.165) is 6.54 Å². The van der Waals surface area contributed by atoms with Crippen LogP contribution in [0.25, 0.3) is 0 Å². The molecule has 1 aromatic carbocycles. The van der Waals surface area contributed by atoms with Crippen molar-refractivity contribution in [3.05, 3.63) is 35.9 Å². The molecular weight excluding hydrogens is 226 g/mol. The standard InChI is InChI=1S/C14H17N3O/c1-11-9-17(10-12-5-3-2-4-6-12)13(7-8-15)14(18)16-11/h2-6,11,13H,7,9-10H2,1H3,(H,16,18). The van der Waals surface area contributed by atoms with E-state index in [1.165, 1.54) is 5.56 Å². The highest BCUT2D eigenvalue weighted by Gasteiger charge is 2.32. The van der Waals surface area contributed by atoms with E-state index >= 15 is 0 Å². The summed E-state index contributed by atoms with van der Waals surface area (Å²) in [6.07, 6.45) is 0.241. The average Bonchev–Trinajstić information content (AvgIpc) is 2.35. The van der Waals surface area contributed by atoms with Crippen LogP contribution < -0.4 is 5.32 Å². The zero-order valence-corrected chi connectivity index (χ0v) is 10.5. The topological polar surface area (TPSA) is 56.1 Å². The lowest BCUT2D eigenvalue weighted by atomic mass is 10.0. The molecule has 1 aromatic rings. The monoisotopic (exact) mass is 243 g/mol. The summed E-state index contributed by atoms with van der Waals surface area (Å²) >= 11 is 0. The Bertz CT molecular complexity index is 452. The fourth-order valence-corrected chi connectivity index (χ4v) is 2.33. The van der Waals surface area contributed by atoms with Crippen LogP contribution >= 0.6 is 0 Å². The van der Waals surface area contributed by atoms with E-state index in [4.69, 9.17) is 5.26 Å². The van der Waals surface area contributed by atoms with Crippen LogP contribution in [0.1, 0.15) is 18.9 Å². The molecule has 0 aromatic heterocycles. The van der Waals surface area contributed by atoms with Crippen LogP contribution in [0.4, 0.5) is 0 Å². The summed E-state index contributed by atoms with van der Waals surface area (Å²) in [5.74, 6) is -0.0359. The lowest BCUT2D eigenvalue weighted by Gasteiger charge is -2.37. The third-order valence-corrected chi connectivity index (χ3v) is 3.15. The number of benzene rings is 1. The second-order valence-electron chi connectivity index (χ2n) is 4.70. The van der Waals surface area contributed by atoms with E-state index in [2.05, 4.69) is 16.3 Å². The first-order chi connectivity index (χ1) is 8.70. The molecule has 0 bridgehead atoms. The predicted molar refractivity (Wildman–Crippen MR) is 68.5 cm³/mol. The van der Waals surface area contributed by atoms with Gasteiger partial charge in [0.15, 0.2) is 0 Å². The van der Waals surface area contributed by atoms with Crippen LogP contribution in [0.2, 0.25) is 0 Å². The van der Waals surface area contributed by atoms with Crippen molar-refractivity contribution in [1.82, 2.24) is 10.2 Å². The highest BCUT2D eigenvalue weighted by Crippen LogP contribution is 2.15. The zero-order chi connectivity index (χ0) is 13.0. The second kappa shape index (κ2) is 5.65. The molecule has 0 saturated carbocycles. The van der Waals surface area contributed by atoms with E-state index in [1.807, 2.05) is 37.3 Å². The van der Waals surface area contributed by atoms with E-state index in [0.29, 0.717) is 6.54 Å². The minimum Gasteiger partial charge on any atom is -0.351 e. The van der Waals surface area contributed by atoms with Gasteiger partial charge in [-0.1, -0.05) is 30.3 Å². The van der Waals surface area contributed by atoms with Gasteiger partial charge < -0.3 is 5.32 Å². The first-order valence-corrected chi connectivity index (χ1v) is 6.16. The summed E-state index contributed by atoms with van der Waals surface area (Å²) in [4.78, 5) is 14.0. The van der Waals surface area contributed by atoms with Crippen molar-refractivity contribution in [2.45, 2.75) is 32.0 Å². The van der Waals surface area contributed by atoms with Gasteiger partial charge in [0.05, 0.1) is 12.5 Å². The SMILES string of the molecule is CC1CN(Cc2ccccc2)C(CC#N)C(=O)N1. The summed E-state index contributed by atoms with van der Waals surface area (Å²) in [7, 11) is 0. The number of hydrogen-bond acceptors (Lipinski definition) is 3. The van der Waals surface area contributed by atoms with Crippen molar-refractivity contribution in [2.75, 3.05) is 6.54 Å². The van der Waals surface area contributed by atoms with Crippen LogP contribution in [-0.4, -0.2) is 29.4 Å². The van der Waals surface area contributed by atoms with Gasteiger partial charge in [0, 0.05) is 19.1 Å². The Labute approximate surface area is 107 Å². The van der Waals surface area contributed by atoms with E-state index in [9.17, 15) is 4.79 Å². The van der Waals surface area contributed by atoms with Gasteiger partial charge in [-0.15, -0.1) is 0 Å². The zero-order valence-electron chi connectivity index (χ0n) is 10.5. The molecule has 2 atom stereocenters. The minimum absolute atomic E-state index is 0.0359. The van der Waals surface area contributed by atoms with Crippen molar-refractivity contribution in [1.29, 1.82) is 5.26 Å². The number of carbonyl (C=O) groups is 1. The molecule has 2 rings (SSSR count). The van der Waals surface area contributed by atoms with Gasteiger partial charge in [0.1, 0.15) is 6.04 Å². The van der Waals surface area contributed by atoms with Crippen molar-refractivity contribution in [3.63, 3.8) is 0 Å². The number of nitriles is 1. The first-order valence-electron chi connectivity index (χ1n) is 6.16. The maximum atomic E-state index is 11.9. The normalized spacial score (nSPS) is 24.3. The molecule has 1 N–H and O–H groups in total. The Kier molecular flexibility index (Phi) is 3.96. The number of carbonyl (C=O) groups excluding carboxylic acids is 1. The molecule has 4 heteroatoms. The smallest absolute Gasteiger partial charge is 0.238 e. The molecule has 1 amide bonds. The third kappa shape index (κ3) is 2.88. The Balaban J connectivity index is 2.12. The molecular formula is C14H17N3O. The third-order valence-electron chi connectivity index (χ3n) is 3.15. The summed E-state index contributed by atoms with van der Waals surface area (Å²) < 4.78 is 0. The van der Waals surface area contributed by atoms with Gasteiger partial charge in [-0.05, 0) is 12.5 Å². The molecule has 1 aliphatic heterocycles. The second-order valence-corrected chi connectivity index (χ2v) is 4.70. The largest absolute Gasteiger partial charge is 0.351 e. The number of nitrogens with zero attached hydrogens (tertiary/aromatic N) is 2. The number of nitrogens with one attached hydrogen (secondary N) is 1. The van der Waals surface area contributed by atoms with Gasteiger partial charge in [0.25, 0.3) is 0 Å². The van der Waals surface area contributed by atoms with Gasteiger partial charge in [-0.25, -0.2) is 0 Å². The quantitative estimate of drug-likeness (QED) is 0.870. The molecule has 4 nitrogen and oxygen atoms in total. The summed E-state index contributed by atoms with van der Waals surface area (Å²) in [6, 6.07) is 11.9. The number of piperazine rings is 1. The number of amides is 1. The van der Waals surface area contributed by atoms with Gasteiger partial charge in [-0.3, -0.25) is 9.69 Å². The average molecular weight is 243 g/mol. The summed E-state index contributed by atoms with van der Waals surface area (Å²) in [5, 5.41) is 11.7. The molecule has 0 aliphatic carbocycles. The van der Waals surface area contributed by atoms with Crippen LogP contribution in [0.3, 0.4) is 0 Å². The molecule has 1 heterocycles.